The van der Waals surface area contributed by atoms with Gasteiger partial charge in [-0.25, -0.2) is 4.98 Å². The zero-order chi connectivity index (χ0) is 15.0. The van der Waals surface area contributed by atoms with Crippen LogP contribution in [0.2, 0.25) is 5.02 Å². The van der Waals surface area contributed by atoms with Crippen LogP contribution in [0.3, 0.4) is 0 Å². The summed E-state index contributed by atoms with van der Waals surface area (Å²) in [6.45, 7) is 10.5. The monoisotopic (exact) mass is 303 g/mol. The maximum atomic E-state index is 6.58. The topological polar surface area (TPSA) is 28.2 Å². The van der Waals surface area contributed by atoms with E-state index < -0.39 is 0 Å². The predicted octanol–water partition coefficient (Wildman–Crippen LogP) is 3.38. The Morgan fingerprint density at radius 2 is 2.10 bits per heavy atom. The van der Waals surface area contributed by atoms with Crippen LogP contribution in [-0.4, -0.2) is 35.1 Å². The summed E-state index contributed by atoms with van der Waals surface area (Å²) < 4.78 is 0. The van der Waals surface area contributed by atoms with E-state index in [1.165, 1.54) is 0 Å². The van der Waals surface area contributed by atoms with Crippen molar-refractivity contribution in [2.24, 2.45) is 0 Å². The van der Waals surface area contributed by atoms with Crippen molar-refractivity contribution in [3.05, 3.63) is 40.5 Å². The average molecular weight is 304 g/mol. The maximum absolute atomic E-state index is 6.58. The van der Waals surface area contributed by atoms with Crippen LogP contribution >= 0.6 is 11.6 Å². The molecule has 0 spiro atoms. The Bertz CT molecular complexity index is 666. The van der Waals surface area contributed by atoms with Crippen molar-refractivity contribution < 1.29 is 0 Å². The Kier molecular flexibility index (Phi) is 3.91. The molecule has 1 aromatic heterocycles. The van der Waals surface area contributed by atoms with E-state index in [4.69, 9.17) is 16.6 Å². The number of pyridine rings is 1. The first-order valence-electron chi connectivity index (χ1n) is 7.48. The molecule has 3 nitrogen and oxygen atoms in total. The lowest BCUT2D eigenvalue weighted by Gasteiger charge is -2.42. The number of aromatic nitrogens is 1. The molecule has 21 heavy (non-hydrogen) atoms. The van der Waals surface area contributed by atoms with Gasteiger partial charge in [0.15, 0.2) is 0 Å². The van der Waals surface area contributed by atoms with Gasteiger partial charge in [0.2, 0.25) is 0 Å². The van der Waals surface area contributed by atoms with Gasteiger partial charge in [-0.15, -0.1) is 0 Å². The molecule has 0 bridgehead atoms. The molecule has 112 valence electrons. The number of piperazine rings is 1. The highest BCUT2D eigenvalue weighted by molar-refractivity contribution is 6.32. The fraction of sp³-hybridized carbons (Fsp3) is 0.471. The van der Waals surface area contributed by atoms with Gasteiger partial charge in [0.05, 0.1) is 16.2 Å². The van der Waals surface area contributed by atoms with Crippen LogP contribution in [0.25, 0.3) is 10.9 Å². The number of nitrogens with zero attached hydrogens (tertiary/aromatic N) is 2. The van der Waals surface area contributed by atoms with Gasteiger partial charge < -0.3 is 5.32 Å². The highest BCUT2D eigenvalue weighted by Crippen LogP contribution is 2.29. The summed E-state index contributed by atoms with van der Waals surface area (Å²) in [5, 5.41) is 5.40. The van der Waals surface area contributed by atoms with Crippen molar-refractivity contribution in [1.29, 1.82) is 0 Å². The second-order valence-electron chi connectivity index (χ2n) is 6.43. The van der Waals surface area contributed by atoms with Crippen LogP contribution in [0.5, 0.6) is 0 Å². The molecule has 3 rings (SSSR count). The molecule has 1 N–H and O–H groups in total. The van der Waals surface area contributed by atoms with E-state index in [0.717, 1.165) is 53.4 Å². The predicted molar refractivity (Wildman–Crippen MR) is 88.8 cm³/mol. The number of hydrogen-bond acceptors (Lipinski definition) is 3. The van der Waals surface area contributed by atoms with Crippen molar-refractivity contribution in [2.45, 2.75) is 32.9 Å². The van der Waals surface area contributed by atoms with Crippen LogP contribution in [0.15, 0.2) is 24.3 Å². The van der Waals surface area contributed by atoms with Gasteiger partial charge in [-0.1, -0.05) is 29.8 Å². The van der Waals surface area contributed by atoms with Crippen LogP contribution < -0.4 is 5.32 Å². The molecule has 0 amide bonds. The molecule has 0 saturated carbocycles. The third-order valence-corrected chi connectivity index (χ3v) is 4.96. The third kappa shape index (κ3) is 2.78. The Labute approximate surface area is 131 Å². The van der Waals surface area contributed by atoms with E-state index in [9.17, 15) is 0 Å². The molecule has 1 aliphatic heterocycles. The largest absolute Gasteiger partial charge is 0.314 e. The molecule has 4 heteroatoms. The first kappa shape index (κ1) is 14.8. The highest BCUT2D eigenvalue weighted by atomic mass is 35.5. The van der Waals surface area contributed by atoms with Crippen molar-refractivity contribution >= 4 is 22.5 Å². The van der Waals surface area contributed by atoms with Crippen molar-refractivity contribution in [1.82, 2.24) is 15.2 Å². The number of benzene rings is 1. The summed E-state index contributed by atoms with van der Waals surface area (Å²) in [4.78, 5) is 7.27. The lowest BCUT2D eigenvalue weighted by Crippen LogP contribution is -2.57. The second-order valence-corrected chi connectivity index (χ2v) is 6.80. The number of aryl methyl sites for hydroxylation is 1. The summed E-state index contributed by atoms with van der Waals surface area (Å²) >= 11 is 6.58. The van der Waals surface area contributed by atoms with Gasteiger partial charge >= 0.3 is 0 Å². The molecule has 2 aromatic rings. The molecule has 0 atom stereocenters. The van der Waals surface area contributed by atoms with E-state index in [2.05, 4.69) is 43.1 Å². The minimum absolute atomic E-state index is 0.128. The molecular weight excluding hydrogens is 282 g/mol. The molecule has 0 unspecified atom stereocenters. The van der Waals surface area contributed by atoms with Gasteiger partial charge in [0.25, 0.3) is 0 Å². The molecule has 1 aromatic carbocycles. The summed E-state index contributed by atoms with van der Waals surface area (Å²) in [6, 6.07) is 8.21. The third-order valence-electron chi connectivity index (χ3n) is 4.46. The summed E-state index contributed by atoms with van der Waals surface area (Å²) in [7, 11) is 0. The van der Waals surface area contributed by atoms with Crippen molar-refractivity contribution in [2.75, 3.05) is 19.6 Å². The number of fused-ring (bicyclic) bond motifs is 1. The number of halogens is 1. The summed E-state index contributed by atoms with van der Waals surface area (Å²) in [5.41, 5.74) is 3.28. The highest BCUT2D eigenvalue weighted by Gasteiger charge is 2.30. The molecule has 0 aliphatic carbocycles. The zero-order valence-electron chi connectivity index (χ0n) is 12.9. The van der Waals surface area contributed by atoms with Gasteiger partial charge in [-0.2, -0.15) is 0 Å². The van der Waals surface area contributed by atoms with Crippen molar-refractivity contribution in [3.8, 4) is 0 Å². The molecule has 0 radical (unpaired) electrons. The molecular formula is C17H22ClN3. The Hall–Kier alpha value is -1.16. The van der Waals surface area contributed by atoms with Crippen molar-refractivity contribution in [3.63, 3.8) is 0 Å². The smallest absolute Gasteiger partial charge is 0.0740 e. The van der Waals surface area contributed by atoms with Crippen LogP contribution in [0.4, 0.5) is 0 Å². The van der Waals surface area contributed by atoms with Gasteiger partial charge in [0, 0.05) is 37.1 Å². The quantitative estimate of drug-likeness (QED) is 0.922. The Balaban J connectivity index is 1.99. The lowest BCUT2D eigenvalue weighted by atomic mass is 9.99. The van der Waals surface area contributed by atoms with Gasteiger partial charge in [0.1, 0.15) is 0 Å². The summed E-state index contributed by atoms with van der Waals surface area (Å²) in [5.74, 6) is 0. The molecule has 1 fully saturated rings. The first-order valence-corrected chi connectivity index (χ1v) is 7.86. The zero-order valence-corrected chi connectivity index (χ0v) is 13.7. The fourth-order valence-corrected chi connectivity index (χ4v) is 3.22. The van der Waals surface area contributed by atoms with E-state index in [1.54, 1.807) is 0 Å². The van der Waals surface area contributed by atoms with E-state index in [1.807, 2.05) is 12.1 Å². The lowest BCUT2D eigenvalue weighted by molar-refractivity contribution is 0.0815. The number of nitrogens with one attached hydrogen (secondary N) is 1. The van der Waals surface area contributed by atoms with E-state index in [0.29, 0.717) is 0 Å². The molecule has 2 heterocycles. The Morgan fingerprint density at radius 1 is 1.33 bits per heavy atom. The normalized spacial score (nSPS) is 19.0. The van der Waals surface area contributed by atoms with Crippen LogP contribution in [0, 0.1) is 6.92 Å². The number of para-hydroxylation sites is 1. The minimum atomic E-state index is 0.128. The number of hydrogen-bond donors (Lipinski definition) is 1. The standard InChI is InChI=1S/C17H22ClN3/c1-12-13-6-4-5-7-14(13)20-15(16(12)18)10-21-9-8-19-11-17(21,2)3/h4-7,19H,8-11H2,1-3H3. The van der Waals surface area contributed by atoms with E-state index >= 15 is 0 Å². The average Bonchev–Trinajstić information content (AvgIpc) is 2.46. The first-order chi connectivity index (χ1) is 9.99. The maximum Gasteiger partial charge on any atom is 0.0740 e. The molecule has 1 aliphatic rings. The SMILES string of the molecule is Cc1c(Cl)c(CN2CCNCC2(C)C)nc2ccccc12. The van der Waals surface area contributed by atoms with Crippen LogP contribution in [-0.2, 0) is 6.54 Å². The molecule has 1 saturated heterocycles. The number of rotatable bonds is 2. The summed E-state index contributed by atoms with van der Waals surface area (Å²) in [6.07, 6.45) is 0. The minimum Gasteiger partial charge on any atom is -0.314 e. The Morgan fingerprint density at radius 3 is 2.86 bits per heavy atom. The second kappa shape index (κ2) is 5.56. The van der Waals surface area contributed by atoms with Gasteiger partial charge in [-0.3, -0.25) is 4.90 Å². The van der Waals surface area contributed by atoms with E-state index in [-0.39, 0.29) is 5.54 Å². The van der Waals surface area contributed by atoms with Crippen LogP contribution in [0.1, 0.15) is 25.1 Å². The van der Waals surface area contributed by atoms with Gasteiger partial charge in [-0.05, 0) is 32.4 Å². The fourth-order valence-electron chi connectivity index (χ4n) is 3.02.